The molecule has 1 N–H and O–H groups in total. The highest BCUT2D eigenvalue weighted by Gasteiger charge is 2.38. The van der Waals surface area contributed by atoms with Crippen molar-refractivity contribution >= 4 is 17.2 Å². The van der Waals surface area contributed by atoms with Crippen LogP contribution in [-0.4, -0.2) is 34.4 Å². The maximum atomic E-state index is 11.6. The summed E-state index contributed by atoms with van der Waals surface area (Å²) in [5.41, 5.74) is 0.0465. The van der Waals surface area contributed by atoms with Crippen LogP contribution in [0.4, 0.5) is 0 Å². The van der Waals surface area contributed by atoms with Crippen LogP contribution >= 0.6 is 11.3 Å². The summed E-state index contributed by atoms with van der Waals surface area (Å²) >= 11 is 1.71. The van der Waals surface area contributed by atoms with E-state index in [0.717, 1.165) is 38.9 Å². The van der Waals surface area contributed by atoms with Crippen LogP contribution in [0.15, 0.2) is 11.6 Å². The number of likely N-dealkylation sites (tertiary alicyclic amines) is 1. The molecule has 1 aromatic heterocycles. The van der Waals surface area contributed by atoms with Crippen molar-refractivity contribution in [3.63, 3.8) is 0 Å². The highest BCUT2D eigenvalue weighted by atomic mass is 32.1. The molecule has 1 amide bonds. The second-order valence-electron chi connectivity index (χ2n) is 5.42. The summed E-state index contributed by atoms with van der Waals surface area (Å²) in [6.45, 7) is 3.03. The van der Waals surface area contributed by atoms with Crippen LogP contribution in [0.1, 0.15) is 37.1 Å². The number of rotatable bonds is 2. The maximum absolute atomic E-state index is 11.6. The van der Waals surface area contributed by atoms with Crippen molar-refractivity contribution in [2.45, 2.75) is 44.2 Å². The van der Waals surface area contributed by atoms with Crippen LogP contribution < -0.4 is 5.32 Å². The van der Waals surface area contributed by atoms with E-state index in [1.54, 1.807) is 11.3 Å². The third-order valence-corrected chi connectivity index (χ3v) is 4.73. The highest BCUT2D eigenvalue weighted by molar-refractivity contribution is 7.09. The van der Waals surface area contributed by atoms with Crippen LogP contribution in [-0.2, 0) is 11.3 Å². The van der Waals surface area contributed by atoms with Gasteiger partial charge >= 0.3 is 0 Å². The summed E-state index contributed by atoms with van der Waals surface area (Å²) in [6, 6.07) is 0. The predicted molar refractivity (Wildman–Crippen MR) is 71.3 cm³/mol. The van der Waals surface area contributed by atoms with Gasteiger partial charge in [0.25, 0.3) is 0 Å². The van der Waals surface area contributed by atoms with Crippen LogP contribution in [0.3, 0.4) is 0 Å². The molecule has 4 nitrogen and oxygen atoms in total. The molecule has 2 aliphatic heterocycles. The van der Waals surface area contributed by atoms with E-state index in [1.165, 1.54) is 11.4 Å². The van der Waals surface area contributed by atoms with Gasteiger partial charge in [0.05, 0.1) is 12.1 Å². The number of amides is 1. The molecular weight excluding hydrogens is 246 g/mol. The summed E-state index contributed by atoms with van der Waals surface area (Å²) in [5, 5.41) is 6.44. The Balaban J connectivity index is 1.66. The monoisotopic (exact) mass is 265 g/mol. The number of nitrogens with one attached hydrogen (secondary N) is 1. The van der Waals surface area contributed by atoms with Crippen LogP contribution in [0.2, 0.25) is 0 Å². The first kappa shape index (κ1) is 12.1. The minimum Gasteiger partial charge on any atom is -0.349 e. The minimum absolute atomic E-state index is 0.0465. The Morgan fingerprint density at radius 3 is 3.11 bits per heavy atom. The Hall–Kier alpha value is -0.940. The number of hydrogen-bond donors (Lipinski definition) is 1. The molecule has 0 bridgehead atoms. The van der Waals surface area contributed by atoms with Gasteiger partial charge in [-0.2, -0.15) is 0 Å². The summed E-state index contributed by atoms with van der Waals surface area (Å²) < 4.78 is 0. The number of nitrogens with zero attached hydrogens (tertiary/aromatic N) is 2. The van der Waals surface area contributed by atoms with Gasteiger partial charge in [-0.15, -0.1) is 11.3 Å². The summed E-state index contributed by atoms with van der Waals surface area (Å²) in [6.07, 6.45) is 7.04. The molecule has 0 radical (unpaired) electrons. The van der Waals surface area contributed by atoms with E-state index in [1.807, 2.05) is 11.6 Å². The minimum atomic E-state index is 0.0465. The van der Waals surface area contributed by atoms with E-state index < -0.39 is 0 Å². The first-order chi connectivity index (χ1) is 8.76. The van der Waals surface area contributed by atoms with Crippen molar-refractivity contribution in [1.29, 1.82) is 0 Å². The van der Waals surface area contributed by atoms with Gasteiger partial charge in [-0.05, 0) is 32.2 Å². The van der Waals surface area contributed by atoms with Gasteiger partial charge in [-0.25, -0.2) is 4.98 Å². The molecule has 2 aliphatic rings. The normalized spacial score (nSPS) is 29.4. The molecule has 0 aliphatic carbocycles. The molecule has 18 heavy (non-hydrogen) atoms. The lowest BCUT2D eigenvalue weighted by Gasteiger charge is -2.45. The van der Waals surface area contributed by atoms with E-state index in [4.69, 9.17) is 0 Å². The van der Waals surface area contributed by atoms with E-state index >= 15 is 0 Å². The van der Waals surface area contributed by atoms with Crippen molar-refractivity contribution in [2.24, 2.45) is 0 Å². The maximum Gasteiger partial charge on any atom is 0.220 e. The van der Waals surface area contributed by atoms with E-state index in [-0.39, 0.29) is 11.4 Å². The van der Waals surface area contributed by atoms with Crippen LogP contribution in [0.5, 0.6) is 0 Å². The Morgan fingerprint density at radius 1 is 1.44 bits per heavy atom. The lowest BCUT2D eigenvalue weighted by Crippen LogP contribution is -2.60. The molecule has 98 valence electrons. The molecule has 2 saturated heterocycles. The van der Waals surface area contributed by atoms with Gasteiger partial charge in [0, 0.05) is 24.5 Å². The zero-order valence-corrected chi connectivity index (χ0v) is 11.3. The standard InChI is InChI=1S/C13H19N3OS/c17-11-3-1-4-13(15-11)5-2-7-16(10-13)9-12-14-6-8-18-12/h6,8H,1-5,7,9-10H2,(H,15,17)/t13-/m0/s1. The highest BCUT2D eigenvalue weighted by Crippen LogP contribution is 2.30. The lowest BCUT2D eigenvalue weighted by atomic mass is 9.81. The zero-order chi connectivity index (χ0) is 12.4. The summed E-state index contributed by atoms with van der Waals surface area (Å²) in [4.78, 5) is 18.4. The Kier molecular flexibility index (Phi) is 3.35. The smallest absolute Gasteiger partial charge is 0.220 e. The fourth-order valence-corrected chi connectivity index (χ4v) is 3.86. The first-order valence-electron chi connectivity index (χ1n) is 6.68. The molecule has 1 aromatic rings. The Morgan fingerprint density at radius 2 is 2.33 bits per heavy atom. The van der Waals surface area contributed by atoms with Crippen LogP contribution in [0, 0.1) is 0 Å². The summed E-state index contributed by atoms with van der Waals surface area (Å²) in [5.74, 6) is 0.234. The topological polar surface area (TPSA) is 45.2 Å². The number of piperidine rings is 2. The molecule has 0 unspecified atom stereocenters. The number of carbonyl (C=O) groups is 1. The third-order valence-electron chi connectivity index (χ3n) is 3.96. The van der Waals surface area contributed by atoms with Gasteiger partial charge < -0.3 is 5.32 Å². The molecular formula is C13H19N3OS. The van der Waals surface area contributed by atoms with E-state index in [9.17, 15) is 4.79 Å². The quantitative estimate of drug-likeness (QED) is 0.886. The van der Waals surface area contributed by atoms with Crippen molar-refractivity contribution in [2.75, 3.05) is 13.1 Å². The molecule has 1 spiro atoms. The van der Waals surface area contributed by atoms with Crippen LogP contribution in [0.25, 0.3) is 0 Å². The molecule has 0 saturated carbocycles. The largest absolute Gasteiger partial charge is 0.349 e. The zero-order valence-electron chi connectivity index (χ0n) is 10.5. The Labute approximate surface area is 111 Å². The number of carbonyl (C=O) groups excluding carboxylic acids is 1. The second kappa shape index (κ2) is 4.97. The van der Waals surface area contributed by atoms with Crippen molar-refractivity contribution < 1.29 is 4.79 Å². The first-order valence-corrected chi connectivity index (χ1v) is 7.56. The Bertz CT molecular complexity index is 416. The summed E-state index contributed by atoms with van der Waals surface area (Å²) in [7, 11) is 0. The van der Waals surface area contributed by atoms with Crippen molar-refractivity contribution in [1.82, 2.24) is 15.2 Å². The van der Waals surface area contributed by atoms with Gasteiger partial charge in [-0.1, -0.05) is 0 Å². The fourth-order valence-electron chi connectivity index (χ4n) is 3.20. The lowest BCUT2D eigenvalue weighted by molar-refractivity contribution is -0.126. The van der Waals surface area contributed by atoms with E-state index in [2.05, 4.69) is 15.2 Å². The number of thiazole rings is 1. The molecule has 3 rings (SSSR count). The number of aromatic nitrogens is 1. The van der Waals surface area contributed by atoms with E-state index in [0.29, 0.717) is 6.42 Å². The molecule has 1 atom stereocenters. The second-order valence-corrected chi connectivity index (χ2v) is 6.40. The van der Waals surface area contributed by atoms with Crippen molar-refractivity contribution in [3.05, 3.63) is 16.6 Å². The van der Waals surface area contributed by atoms with Gasteiger partial charge in [-0.3, -0.25) is 9.69 Å². The van der Waals surface area contributed by atoms with Gasteiger partial charge in [0.1, 0.15) is 5.01 Å². The fraction of sp³-hybridized carbons (Fsp3) is 0.692. The molecule has 5 heteroatoms. The SMILES string of the molecule is O=C1CCC[C@@]2(CCCN(Cc3nccs3)C2)N1. The molecule has 2 fully saturated rings. The average Bonchev–Trinajstić information content (AvgIpc) is 2.81. The van der Waals surface area contributed by atoms with Crippen molar-refractivity contribution in [3.8, 4) is 0 Å². The number of hydrogen-bond acceptors (Lipinski definition) is 4. The average molecular weight is 265 g/mol. The predicted octanol–water partition coefficient (Wildman–Crippen LogP) is 1.78. The van der Waals surface area contributed by atoms with Gasteiger partial charge in [0.15, 0.2) is 0 Å². The third kappa shape index (κ3) is 2.57. The molecule has 3 heterocycles. The van der Waals surface area contributed by atoms with Gasteiger partial charge in [0.2, 0.25) is 5.91 Å². The molecule has 0 aromatic carbocycles.